The topological polar surface area (TPSA) is 63.4 Å². The van der Waals surface area contributed by atoms with E-state index >= 15 is 0 Å². The van der Waals surface area contributed by atoms with E-state index in [0.29, 0.717) is 17.1 Å². The fourth-order valence-corrected chi connectivity index (χ4v) is 2.97. The van der Waals surface area contributed by atoms with Gasteiger partial charge in [0.2, 0.25) is 10.0 Å². The summed E-state index contributed by atoms with van der Waals surface area (Å²) < 4.78 is 25.6. The van der Waals surface area contributed by atoms with Crippen molar-refractivity contribution in [3.05, 3.63) is 23.3 Å². The Morgan fingerprint density at radius 1 is 1.31 bits per heavy atom. The normalized spacial score (nSPS) is 12.1. The summed E-state index contributed by atoms with van der Waals surface area (Å²) in [6.45, 7) is 5.89. The number of nitrogens with two attached hydrogens (primary N) is 1. The molecule has 0 aromatic heterocycles. The van der Waals surface area contributed by atoms with Crippen LogP contribution >= 0.6 is 0 Å². The zero-order valence-corrected chi connectivity index (χ0v) is 10.9. The second kappa shape index (κ2) is 4.43. The van der Waals surface area contributed by atoms with Crippen molar-refractivity contribution in [1.82, 2.24) is 4.31 Å². The van der Waals surface area contributed by atoms with E-state index in [2.05, 4.69) is 0 Å². The molecule has 90 valence electrons. The Labute approximate surface area is 97.1 Å². The van der Waals surface area contributed by atoms with Crippen LogP contribution in [0.1, 0.15) is 18.1 Å². The average molecular weight is 242 g/mol. The molecule has 0 atom stereocenters. The lowest BCUT2D eigenvalue weighted by Gasteiger charge is -2.18. The molecule has 0 aliphatic carbocycles. The van der Waals surface area contributed by atoms with Gasteiger partial charge in [-0.05, 0) is 37.1 Å². The quantitative estimate of drug-likeness (QED) is 0.817. The highest BCUT2D eigenvalue weighted by molar-refractivity contribution is 7.89. The molecule has 5 heteroatoms. The number of hydrogen-bond donors (Lipinski definition) is 1. The minimum atomic E-state index is -3.41. The van der Waals surface area contributed by atoms with E-state index in [0.717, 1.165) is 11.1 Å². The number of hydrogen-bond acceptors (Lipinski definition) is 3. The third-order valence-electron chi connectivity index (χ3n) is 2.78. The molecule has 0 bridgehead atoms. The fourth-order valence-electron chi connectivity index (χ4n) is 1.46. The van der Waals surface area contributed by atoms with Crippen LogP contribution in [0.25, 0.3) is 0 Å². The minimum Gasteiger partial charge on any atom is -0.399 e. The largest absolute Gasteiger partial charge is 0.399 e. The number of benzene rings is 1. The van der Waals surface area contributed by atoms with Gasteiger partial charge in [-0.3, -0.25) is 0 Å². The summed E-state index contributed by atoms with van der Waals surface area (Å²) in [5.74, 6) is 0. The predicted molar refractivity (Wildman–Crippen MR) is 65.8 cm³/mol. The van der Waals surface area contributed by atoms with Gasteiger partial charge in [0.1, 0.15) is 0 Å². The second-order valence-electron chi connectivity index (χ2n) is 3.88. The summed E-state index contributed by atoms with van der Waals surface area (Å²) >= 11 is 0. The summed E-state index contributed by atoms with van der Waals surface area (Å²) in [5, 5.41) is 0. The van der Waals surface area contributed by atoms with E-state index < -0.39 is 10.0 Å². The van der Waals surface area contributed by atoms with Crippen molar-refractivity contribution in [3.63, 3.8) is 0 Å². The van der Waals surface area contributed by atoms with Crippen LogP contribution in [0.3, 0.4) is 0 Å². The van der Waals surface area contributed by atoms with E-state index in [4.69, 9.17) is 5.73 Å². The molecule has 0 fully saturated rings. The van der Waals surface area contributed by atoms with Crippen molar-refractivity contribution in [3.8, 4) is 0 Å². The third kappa shape index (κ3) is 2.20. The summed E-state index contributed by atoms with van der Waals surface area (Å²) in [4.78, 5) is 0.300. The van der Waals surface area contributed by atoms with Crippen molar-refractivity contribution in [1.29, 1.82) is 0 Å². The van der Waals surface area contributed by atoms with Crippen molar-refractivity contribution in [2.45, 2.75) is 25.7 Å². The van der Waals surface area contributed by atoms with E-state index in [1.54, 1.807) is 27.0 Å². The Hall–Kier alpha value is -1.07. The summed E-state index contributed by atoms with van der Waals surface area (Å²) in [6.07, 6.45) is 0. The second-order valence-corrected chi connectivity index (χ2v) is 5.89. The Balaban J connectivity index is 3.45. The van der Waals surface area contributed by atoms with Gasteiger partial charge in [-0.25, -0.2) is 12.7 Å². The molecule has 1 rings (SSSR count). The van der Waals surface area contributed by atoms with Gasteiger partial charge in [0.05, 0.1) is 4.90 Å². The molecule has 0 amide bonds. The molecule has 16 heavy (non-hydrogen) atoms. The van der Waals surface area contributed by atoms with Gasteiger partial charge in [-0.2, -0.15) is 0 Å². The van der Waals surface area contributed by atoms with Crippen LogP contribution in [-0.2, 0) is 10.0 Å². The zero-order valence-electron chi connectivity index (χ0n) is 10.1. The first-order valence-corrected chi connectivity index (χ1v) is 6.57. The molecule has 1 aromatic carbocycles. The van der Waals surface area contributed by atoms with Gasteiger partial charge in [0, 0.05) is 19.3 Å². The molecule has 4 nitrogen and oxygen atoms in total. The summed E-state index contributed by atoms with van der Waals surface area (Å²) in [6, 6.07) is 3.30. The van der Waals surface area contributed by atoms with Gasteiger partial charge in [-0.15, -0.1) is 0 Å². The van der Waals surface area contributed by atoms with Gasteiger partial charge < -0.3 is 5.73 Å². The van der Waals surface area contributed by atoms with Crippen molar-refractivity contribution < 1.29 is 8.42 Å². The molecule has 2 N–H and O–H groups in total. The van der Waals surface area contributed by atoms with Crippen molar-refractivity contribution >= 4 is 15.7 Å². The first-order valence-electron chi connectivity index (χ1n) is 5.13. The van der Waals surface area contributed by atoms with Gasteiger partial charge in [0.25, 0.3) is 0 Å². The Morgan fingerprint density at radius 3 is 2.38 bits per heavy atom. The average Bonchev–Trinajstić information content (AvgIpc) is 2.21. The van der Waals surface area contributed by atoms with E-state index in [9.17, 15) is 8.42 Å². The highest BCUT2D eigenvalue weighted by atomic mass is 32.2. The van der Waals surface area contributed by atoms with E-state index in [1.165, 1.54) is 10.4 Å². The first kappa shape index (κ1) is 13.0. The minimum absolute atomic E-state index is 0.300. The number of rotatable bonds is 3. The number of anilines is 1. The highest BCUT2D eigenvalue weighted by Crippen LogP contribution is 2.24. The van der Waals surface area contributed by atoms with Crippen LogP contribution < -0.4 is 5.73 Å². The molecule has 0 aliphatic heterocycles. The molecule has 0 radical (unpaired) electrons. The molecule has 0 heterocycles. The molecule has 1 aromatic rings. The van der Waals surface area contributed by atoms with Crippen LogP contribution in [0.15, 0.2) is 17.0 Å². The monoisotopic (exact) mass is 242 g/mol. The van der Waals surface area contributed by atoms with Gasteiger partial charge in [0.15, 0.2) is 0 Å². The molecular weight excluding hydrogens is 224 g/mol. The summed E-state index contributed by atoms with van der Waals surface area (Å²) in [7, 11) is -1.85. The Kier molecular flexibility index (Phi) is 3.60. The first-order chi connectivity index (χ1) is 7.30. The van der Waals surface area contributed by atoms with Gasteiger partial charge in [-0.1, -0.05) is 6.92 Å². The molecule has 0 spiro atoms. The lowest BCUT2D eigenvalue weighted by molar-refractivity contribution is 0.486. The lowest BCUT2D eigenvalue weighted by Crippen LogP contribution is -2.27. The highest BCUT2D eigenvalue weighted by Gasteiger charge is 2.22. The molecule has 0 unspecified atom stereocenters. The van der Waals surface area contributed by atoms with Crippen molar-refractivity contribution in [2.75, 3.05) is 19.3 Å². The fraction of sp³-hybridized carbons (Fsp3) is 0.455. The number of aryl methyl sites for hydroxylation is 1. The number of nitrogen functional groups attached to an aromatic ring is 1. The Bertz CT molecular complexity index is 495. The van der Waals surface area contributed by atoms with Crippen LogP contribution in [0, 0.1) is 13.8 Å². The molecule has 0 saturated heterocycles. The van der Waals surface area contributed by atoms with Crippen LogP contribution in [0.2, 0.25) is 0 Å². The van der Waals surface area contributed by atoms with Crippen LogP contribution in [0.5, 0.6) is 0 Å². The van der Waals surface area contributed by atoms with Crippen LogP contribution in [0.4, 0.5) is 5.69 Å². The third-order valence-corrected chi connectivity index (χ3v) is 4.83. The maximum absolute atomic E-state index is 12.2. The number of nitrogens with zero attached hydrogens (tertiary/aromatic N) is 1. The SMILES string of the molecule is CCN(C)S(=O)(=O)c1cc(N)cc(C)c1C. The van der Waals surface area contributed by atoms with Crippen molar-refractivity contribution in [2.24, 2.45) is 0 Å². The lowest BCUT2D eigenvalue weighted by atomic mass is 10.1. The summed E-state index contributed by atoms with van der Waals surface area (Å²) in [5.41, 5.74) is 7.81. The maximum atomic E-state index is 12.2. The smallest absolute Gasteiger partial charge is 0.243 e. The zero-order chi connectivity index (χ0) is 12.5. The van der Waals surface area contributed by atoms with Crippen LogP contribution in [-0.4, -0.2) is 26.3 Å². The predicted octanol–water partition coefficient (Wildman–Crippen LogP) is 1.53. The van der Waals surface area contributed by atoms with Gasteiger partial charge >= 0.3 is 0 Å². The number of sulfonamides is 1. The maximum Gasteiger partial charge on any atom is 0.243 e. The standard InChI is InChI=1S/C11H18N2O2S/c1-5-13(4)16(14,15)11-7-10(12)6-8(2)9(11)3/h6-7H,5,12H2,1-4H3. The molecular formula is C11H18N2O2S. The Morgan fingerprint density at radius 2 is 1.88 bits per heavy atom. The van der Waals surface area contributed by atoms with E-state index in [1.807, 2.05) is 6.92 Å². The molecule has 0 aliphatic rings. The molecule has 0 saturated carbocycles. The van der Waals surface area contributed by atoms with E-state index in [-0.39, 0.29) is 0 Å².